The number of ether oxygens (including phenoxy) is 1. The van der Waals surface area contributed by atoms with Crippen molar-refractivity contribution in [2.75, 3.05) is 39.8 Å². The van der Waals surface area contributed by atoms with Crippen molar-refractivity contribution in [2.24, 2.45) is 0 Å². The van der Waals surface area contributed by atoms with Crippen molar-refractivity contribution >= 4 is 17.8 Å². The number of carbonyl (C=O) groups excluding carboxylic acids is 3. The van der Waals surface area contributed by atoms with Crippen LogP contribution < -0.4 is 5.32 Å². The van der Waals surface area contributed by atoms with Gasteiger partial charge in [0, 0.05) is 45.9 Å². The van der Waals surface area contributed by atoms with Crippen LogP contribution in [0.5, 0.6) is 0 Å². The van der Waals surface area contributed by atoms with Crippen LogP contribution in [0.4, 0.5) is 0 Å². The summed E-state index contributed by atoms with van der Waals surface area (Å²) in [6.07, 6.45) is 18.8. The molecule has 0 aromatic rings. The van der Waals surface area contributed by atoms with E-state index in [0.29, 0.717) is 13.0 Å². The average molecular weight is 496 g/mol. The number of unbranched alkanes of at least 4 members (excludes halogenated alkanes) is 8. The lowest BCUT2D eigenvalue weighted by Gasteiger charge is -2.36. The van der Waals surface area contributed by atoms with Crippen LogP contribution in [0.1, 0.15) is 117 Å². The maximum Gasteiger partial charge on any atom is 0.305 e. The average Bonchev–Trinajstić information content (AvgIpc) is 2.84. The number of nitrogens with one attached hydrogen (secondary N) is 1. The SMILES string of the molecule is COC(=O)CCCCCCCCCC[C@@H]1CCCCN1CCCCN(CCCNC(C)=O)C(C)=O. The number of rotatable bonds is 20. The largest absolute Gasteiger partial charge is 0.469 e. The molecule has 0 bridgehead atoms. The molecule has 0 spiro atoms. The summed E-state index contributed by atoms with van der Waals surface area (Å²) >= 11 is 0. The third kappa shape index (κ3) is 16.6. The minimum absolute atomic E-state index is 0.0143. The number of hydrogen-bond acceptors (Lipinski definition) is 5. The lowest BCUT2D eigenvalue weighted by atomic mass is 9.96. The fourth-order valence-electron chi connectivity index (χ4n) is 5.07. The zero-order valence-corrected chi connectivity index (χ0v) is 23.0. The van der Waals surface area contributed by atoms with E-state index >= 15 is 0 Å². The third-order valence-electron chi connectivity index (χ3n) is 7.19. The summed E-state index contributed by atoms with van der Waals surface area (Å²) in [6.45, 7) is 7.70. The molecule has 7 nitrogen and oxygen atoms in total. The molecule has 1 saturated heterocycles. The van der Waals surface area contributed by atoms with Gasteiger partial charge >= 0.3 is 5.97 Å². The Morgan fingerprint density at radius 3 is 2.17 bits per heavy atom. The smallest absolute Gasteiger partial charge is 0.305 e. The van der Waals surface area contributed by atoms with Crippen LogP contribution >= 0.6 is 0 Å². The molecule has 35 heavy (non-hydrogen) atoms. The Kier molecular flexibility index (Phi) is 18.4. The number of nitrogens with zero attached hydrogens (tertiary/aromatic N) is 2. The Hall–Kier alpha value is -1.63. The van der Waals surface area contributed by atoms with Gasteiger partial charge in [-0.2, -0.15) is 0 Å². The van der Waals surface area contributed by atoms with Crippen LogP contribution in [0.3, 0.4) is 0 Å². The van der Waals surface area contributed by atoms with Gasteiger partial charge in [-0.05, 0) is 58.0 Å². The van der Waals surface area contributed by atoms with E-state index in [0.717, 1.165) is 57.8 Å². The van der Waals surface area contributed by atoms with Crippen LogP contribution in [0.25, 0.3) is 0 Å². The second kappa shape index (κ2) is 20.6. The van der Waals surface area contributed by atoms with Crippen LogP contribution in [0.2, 0.25) is 0 Å². The van der Waals surface area contributed by atoms with E-state index in [4.69, 9.17) is 0 Å². The van der Waals surface area contributed by atoms with Crippen molar-refractivity contribution in [1.29, 1.82) is 0 Å². The van der Waals surface area contributed by atoms with Gasteiger partial charge in [-0.15, -0.1) is 0 Å². The number of methoxy groups -OCH3 is 1. The first-order chi connectivity index (χ1) is 16.9. The molecule has 2 amide bonds. The molecular weight excluding hydrogens is 442 g/mol. The van der Waals surface area contributed by atoms with Gasteiger partial charge in [0.1, 0.15) is 0 Å². The number of amides is 2. The topological polar surface area (TPSA) is 79.0 Å². The van der Waals surface area contributed by atoms with Crippen LogP contribution in [0.15, 0.2) is 0 Å². The van der Waals surface area contributed by atoms with E-state index in [1.165, 1.54) is 84.8 Å². The van der Waals surface area contributed by atoms with Crippen molar-refractivity contribution in [3.05, 3.63) is 0 Å². The Labute approximate surface area is 214 Å². The number of hydrogen-bond donors (Lipinski definition) is 1. The Balaban J connectivity index is 2.12. The molecule has 7 heteroatoms. The van der Waals surface area contributed by atoms with E-state index < -0.39 is 0 Å². The predicted octanol–water partition coefficient (Wildman–Crippen LogP) is 5.07. The van der Waals surface area contributed by atoms with Crippen LogP contribution in [-0.4, -0.2) is 73.5 Å². The number of carbonyl (C=O) groups is 3. The molecule has 0 aromatic carbocycles. The van der Waals surface area contributed by atoms with Gasteiger partial charge in [-0.3, -0.25) is 14.4 Å². The summed E-state index contributed by atoms with van der Waals surface area (Å²) in [6, 6.07) is 0.739. The first-order valence-corrected chi connectivity index (χ1v) is 14.2. The number of piperidine rings is 1. The van der Waals surface area contributed by atoms with Gasteiger partial charge in [-0.1, -0.05) is 51.4 Å². The second-order valence-electron chi connectivity index (χ2n) is 10.2. The van der Waals surface area contributed by atoms with Crippen molar-refractivity contribution in [3.8, 4) is 0 Å². The van der Waals surface area contributed by atoms with Crippen LogP contribution in [0, 0.1) is 0 Å². The van der Waals surface area contributed by atoms with E-state index in [2.05, 4.69) is 15.0 Å². The minimum Gasteiger partial charge on any atom is -0.469 e. The van der Waals surface area contributed by atoms with Gasteiger partial charge in [0.25, 0.3) is 0 Å². The number of likely N-dealkylation sites (tertiary alicyclic amines) is 1. The zero-order chi connectivity index (χ0) is 25.7. The molecule has 1 fully saturated rings. The van der Waals surface area contributed by atoms with Gasteiger partial charge in [-0.25, -0.2) is 0 Å². The van der Waals surface area contributed by atoms with E-state index in [9.17, 15) is 14.4 Å². The molecule has 0 radical (unpaired) electrons. The fourth-order valence-corrected chi connectivity index (χ4v) is 5.07. The maximum atomic E-state index is 11.9. The lowest BCUT2D eigenvalue weighted by Crippen LogP contribution is -2.40. The molecule has 1 heterocycles. The normalized spacial score (nSPS) is 16.1. The summed E-state index contributed by atoms with van der Waals surface area (Å²) in [7, 11) is 1.46. The second-order valence-corrected chi connectivity index (χ2v) is 10.2. The van der Waals surface area contributed by atoms with E-state index in [-0.39, 0.29) is 17.8 Å². The highest BCUT2D eigenvalue weighted by atomic mass is 16.5. The first-order valence-electron chi connectivity index (χ1n) is 14.2. The summed E-state index contributed by atoms with van der Waals surface area (Å²) < 4.78 is 4.68. The molecule has 204 valence electrons. The van der Waals surface area contributed by atoms with Gasteiger partial charge in [0.2, 0.25) is 11.8 Å². The lowest BCUT2D eigenvalue weighted by molar-refractivity contribution is -0.140. The molecule has 1 aliphatic heterocycles. The first kappa shape index (κ1) is 31.4. The Morgan fingerprint density at radius 2 is 1.51 bits per heavy atom. The highest BCUT2D eigenvalue weighted by Gasteiger charge is 2.21. The highest BCUT2D eigenvalue weighted by Crippen LogP contribution is 2.23. The molecule has 1 aliphatic rings. The monoisotopic (exact) mass is 495 g/mol. The van der Waals surface area contributed by atoms with Gasteiger partial charge in [0.05, 0.1) is 7.11 Å². The summed E-state index contributed by atoms with van der Waals surface area (Å²) in [5.74, 6) is 0.0272. The van der Waals surface area contributed by atoms with E-state index in [1.54, 1.807) is 6.92 Å². The standard InChI is InChI=1S/C28H53N3O4/c1-25(32)29-20-16-24-30(26(2)33)21-14-15-23-31-22-13-12-18-27(31)17-10-8-6-4-5-7-9-11-19-28(34)35-3/h27H,4-24H2,1-3H3,(H,29,32)/t27-/m1/s1. The summed E-state index contributed by atoms with van der Waals surface area (Å²) in [5.41, 5.74) is 0. The highest BCUT2D eigenvalue weighted by molar-refractivity contribution is 5.73. The van der Waals surface area contributed by atoms with Gasteiger partial charge < -0.3 is 19.9 Å². The molecule has 0 unspecified atom stereocenters. The molecule has 0 aromatic heterocycles. The fraction of sp³-hybridized carbons (Fsp3) is 0.893. The quantitative estimate of drug-likeness (QED) is 0.188. The zero-order valence-electron chi connectivity index (χ0n) is 23.0. The maximum absolute atomic E-state index is 11.9. The summed E-state index contributed by atoms with van der Waals surface area (Å²) in [4.78, 5) is 38.7. The molecule has 1 N–H and O–H groups in total. The number of esters is 1. The van der Waals surface area contributed by atoms with Crippen molar-refractivity contribution in [3.63, 3.8) is 0 Å². The minimum atomic E-state index is -0.0879. The van der Waals surface area contributed by atoms with Crippen molar-refractivity contribution in [1.82, 2.24) is 15.1 Å². The Morgan fingerprint density at radius 1 is 0.857 bits per heavy atom. The van der Waals surface area contributed by atoms with Gasteiger partial charge in [0.15, 0.2) is 0 Å². The molecular formula is C28H53N3O4. The molecule has 0 aliphatic carbocycles. The van der Waals surface area contributed by atoms with E-state index in [1.807, 2.05) is 4.90 Å². The summed E-state index contributed by atoms with van der Waals surface area (Å²) in [5, 5.41) is 2.80. The third-order valence-corrected chi connectivity index (χ3v) is 7.19. The van der Waals surface area contributed by atoms with Crippen molar-refractivity contribution < 1.29 is 19.1 Å². The van der Waals surface area contributed by atoms with Crippen LogP contribution in [-0.2, 0) is 19.1 Å². The molecule has 0 saturated carbocycles. The molecule has 1 rings (SSSR count). The molecule has 1 atom stereocenters. The Bertz CT molecular complexity index is 585. The van der Waals surface area contributed by atoms with Crippen molar-refractivity contribution in [2.45, 2.75) is 123 Å². The predicted molar refractivity (Wildman–Crippen MR) is 142 cm³/mol.